The molecular weight excluding hydrogens is 348 g/mol. The average molecular weight is 369 g/mol. The summed E-state index contributed by atoms with van der Waals surface area (Å²) in [6, 6.07) is 5.59. The van der Waals surface area contributed by atoms with Gasteiger partial charge in [0, 0.05) is 10.2 Å². The molecule has 0 radical (unpaired) electrons. The van der Waals surface area contributed by atoms with E-state index in [0.717, 1.165) is 15.7 Å². The Balaban J connectivity index is 1.73. The molecule has 6 heteroatoms. The molecule has 1 atom stereocenters. The van der Waals surface area contributed by atoms with Crippen LogP contribution in [0.5, 0.6) is 0 Å². The zero-order chi connectivity index (χ0) is 16.1. The lowest BCUT2D eigenvalue weighted by atomic mass is 10.2. The fourth-order valence-corrected chi connectivity index (χ4v) is 2.39. The van der Waals surface area contributed by atoms with Crippen molar-refractivity contribution in [2.24, 2.45) is 5.92 Å². The summed E-state index contributed by atoms with van der Waals surface area (Å²) >= 11 is 3.37. The highest BCUT2D eigenvalue weighted by Crippen LogP contribution is 2.29. The maximum atomic E-state index is 11.9. The van der Waals surface area contributed by atoms with Gasteiger partial charge in [0.1, 0.15) is 6.10 Å². The number of benzene rings is 1. The van der Waals surface area contributed by atoms with Crippen LogP contribution in [0.1, 0.15) is 25.3 Å². The third-order valence-corrected chi connectivity index (χ3v) is 4.03. The van der Waals surface area contributed by atoms with Crippen LogP contribution in [0.15, 0.2) is 22.7 Å². The molecule has 0 bridgehead atoms. The molecule has 0 saturated heterocycles. The van der Waals surface area contributed by atoms with Crippen LogP contribution in [-0.2, 0) is 14.3 Å². The van der Waals surface area contributed by atoms with Crippen molar-refractivity contribution in [3.63, 3.8) is 0 Å². The third-order valence-electron chi connectivity index (χ3n) is 3.53. The molecule has 1 aromatic rings. The smallest absolute Gasteiger partial charge is 0.249 e. The lowest BCUT2D eigenvalue weighted by Gasteiger charge is -2.13. The molecule has 120 valence electrons. The second kappa shape index (κ2) is 7.74. The first-order valence-electron chi connectivity index (χ1n) is 7.41. The molecule has 0 aromatic heterocycles. The fourth-order valence-electron chi connectivity index (χ4n) is 1.91. The predicted molar refractivity (Wildman–Crippen MR) is 88.7 cm³/mol. The molecule has 1 aromatic carbocycles. The van der Waals surface area contributed by atoms with Gasteiger partial charge in [0.25, 0.3) is 0 Å². The number of anilines is 1. The van der Waals surface area contributed by atoms with Gasteiger partial charge in [0.2, 0.25) is 11.8 Å². The van der Waals surface area contributed by atoms with Crippen LogP contribution in [0.4, 0.5) is 5.69 Å². The van der Waals surface area contributed by atoms with E-state index in [0.29, 0.717) is 12.5 Å². The maximum absolute atomic E-state index is 11.9. The number of aryl methyl sites for hydroxylation is 1. The number of hydrogen-bond acceptors (Lipinski definition) is 3. The molecule has 1 aliphatic rings. The summed E-state index contributed by atoms with van der Waals surface area (Å²) in [4.78, 5) is 23.7. The Kier molecular flexibility index (Phi) is 5.97. The summed E-state index contributed by atoms with van der Waals surface area (Å²) in [5.74, 6) is 0.0930. The number of ether oxygens (including phenoxy) is 1. The molecule has 22 heavy (non-hydrogen) atoms. The predicted octanol–water partition coefficient (Wildman–Crippen LogP) is 2.63. The highest BCUT2D eigenvalue weighted by Gasteiger charge is 2.24. The van der Waals surface area contributed by atoms with E-state index in [2.05, 4.69) is 26.6 Å². The van der Waals surface area contributed by atoms with Gasteiger partial charge in [0.05, 0.1) is 13.2 Å². The van der Waals surface area contributed by atoms with E-state index in [-0.39, 0.29) is 18.4 Å². The SMILES string of the molecule is Cc1cc(Br)ccc1NC(=O)CNC(=O)C(C)OCC1CC1. The highest BCUT2D eigenvalue weighted by atomic mass is 79.9. The summed E-state index contributed by atoms with van der Waals surface area (Å²) in [5, 5.41) is 5.37. The molecule has 2 N–H and O–H groups in total. The van der Waals surface area contributed by atoms with Crippen molar-refractivity contribution in [1.82, 2.24) is 5.32 Å². The van der Waals surface area contributed by atoms with Crippen molar-refractivity contribution in [1.29, 1.82) is 0 Å². The normalized spacial score (nSPS) is 15.2. The molecule has 1 unspecified atom stereocenters. The van der Waals surface area contributed by atoms with Gasteiger partial charge in [-0.1, -0.05) is 15.9 Å². The number of nitrogens with one attached hydrogen (secondary N) is 2. The Hall–Kier alpha value is -1.40. The fraction of sp³-hybridized carbons (Fsp3) is 0.500. The Morgan fingerprint density at radius 3 is 2.77 bits per heavy atom. The number of carbonyl (C=O) groups excluding carboxylic acids is 2. The van der Waals surface area contributed by atoms with Crippen LogP contribution < -0.4 is 10.6 Å². The van der Waals surface area contributed by atoms with Crippen LogP contribution in [0.3, 0.4) is 0 Å². The number of halogens is 1. The van der Waals surface area contributed by atoms with E-state index in [1.165, 1.54) is 12.8 Å². The Bertz CT molecular complexity index is 558. The van der Waals surface area contributed by atoms with Gasteiger partial charge in [-0.2, -0.15) is 0 Å². The topological polar surface area (TPSA) is 67.4 Å². The lowest BCUT2D eigenvalue weighted by Crippen LogP contribution is -2.39. The van der Waals surface area contributed by atoms with E-state index < -0.39 is 6.10 Å². The van der Waals surface area contributed by atoms with Gasteiger partial charge in [-0.05, 0) is 56.4 Å². The van der Waals surface area contributed by atoms with Gasteiger partial charge in [-0.25, -0.2) is 0 Å². The van der Waals surface area contributed by atoms with Crippen LogP contribution in [-0.4, -0.2) is 31.1 Å². The number of amides is 2. The third kappa shape index (κ3) is 5.42. The monoisotopic (exact) mass is 368 g/mol. The highest BCUT2D eigenvalue weighted by molar-refractivity contribution is 9.10. The molecule has 1 fully saturated rings. The van der Waals surface area contributed by atoms with Crippen molar-refractivity contribution < 1.29 is 14.3 Å². The van der Waals surface area contributed by atoms with Gasteiger partial charge in [0.15, 0.2) is 0 Å². The Morgan fingerprint density at radius 1 is 1.41 bits per heavy atom. The molecule has 1 saturated carbocycles. The first kappa shape index (κ1) is 17.0. The second-order valence-electron chi connectivity index (χ2n) is 5.64. The maximum Gasteiger partial charge on any atom is 0.249 e. The van der Waals surface area contributed by atoms with Gasteiger partial charge < -0.3 is 15.4 Å². The zero-order valence-corrected chi connectivity index (χ0v) is 14.4. The van der Waals surface area contributed by atoms with Gasteiger partial charge in [-0.3, -0.25) is 9.59 Å². The van der Waals surface area contributed by atoms with Crippen LogP contribution in [0.2, 0.25) is 0 Å². The first-order valence-corrected chi connectivity index (χ1v) is 8.20. The van der Waals surface area contributed by atoms with Crippen LogP contribution >= 0.6 is 15.9 Å². The zero-order valence-electron chi connectivity index (χ0n) is 12.8. The van der Waals surface area contributed by atoms with E-state index in [1.54, 1.807) is 6.92 Å². The van der Waals surface area contributed by atoms with Crippen molar-refractivity contribution in [3.8, 4) is 0 Å². The molecule has 2 rings (SSSR count). The number of carbonyl (C=O) groups is 2. The summed E-state index contributed by atoms with van der Waals surface area (Å²) in [6.07, 6.45) is 1.84. The number of hydrogen-bond donors (Lipinski definition) is 2. The van der Waals surface area contributed by atoms with Crippen molar-refractivity contribution >= 4 is 33.4 Å². The lowest BCUT2D eigenvalue weighted by molar-refractivity contribution is -0.133. The Labute approximate surface area is 138 Å². The molecule has 5 nitrogen and oxygen atoms in total. The second-order valence-corrected chi connectivity index (χ2v) is 6.56. The summed E-state index contributed by atoms with van der Waals surface area (Å²) in [5.41, 5.74) is 1.69. The largest absolute Gasteiger partial charge is 0.368 e. The van der Waals surface area contributed by atoms with Crippen molar-refractivity contribution in [2.45, 2.75) is 32.8 Å². The minimum atomic E-state index is -0.525. The van der Waals surface area contributed by atoms with Crippen molar-refractivity contribution in [2.75, 3.05) is 18.5 Å². The average Bonchev–Trinajstić information content (AvgIpc) is 3.29. The van der Waals surface area contributed by atoms with E-state index in [1.807, 2.05) is 25.1 Å². The van der Waals surface area contributed by atoms with Crippen LogP contribution in [0.25, 0.3) is 0 Å². The first-order chi connectivity index (χ1) is 10.5. The molecule has 0 aliphatic heterocycles. The number of rotatable bonds is 7. The van der Waals surface area contributed by atoms with E-state index >= 15 is 0 Å². The minimum Gasteiger partial charge on any atom is -0.368 e. The van der Waals surface area contributed by atoms with Gasteiger partial charge >= 0.3 is 0 Å². The quantitative estimate of drug-likeness (QED) is 0.777. The van der Waals surface area contributed by atoms with E-state index in [4.69, 9.17) is 4.74 Å². The summed E-state index contributed by atoms with van der Waals surface area (Å²) in [7, 11) is 0. The summed E-state index contributed by atoms with van der Waals surface area (Å²) in [6.45, 7) is 4.17. The molecule has 1 aliphatic carbocycles. The molecule has 2 amide bonds. The minimum absolute atomic E-state index is 0.0640. The Morgan fingerprint density at radius 2 is 2.14 bits per heavy atom. The van der Waals surface area contributed by atoms with E-state index in [9.17, 15) is 9.59 Å². The molecular formula is C16H21BrN2O3. The molecule has 0 heterocycles. The van der Waals surface area contributed by atoms with Crippen molar-refractivity contribution in [3.05, 3.63) is 28.2 Å². The van der Waals surface area contributed by atoms with Gasteiger partial charge in [-0.15, -0.1) is 0 Å². The van der Waals surface area contributed by atoms with Crippen LogP contribution in [0, 0.1) is 12.8 Å². The molecule has 0 spiro atoms. The standard InChI is InChI=1S/C16H21BrN2O3/c1-10-7-13(17)5-6-14(10)19-15(20)8-18-16(21)11(2)22-9-12-3-4-12/h5-7,11-12H,3-4,8-9H2,1-2H3,(H,18,21)(H,19,20). The summed E-state index contributed by atoms with van der Waals surface area (Å²) < 4.78 is 6.42.